The van der Waals surface area contributed by atoms with Gasteiger partial charge in [0.15, 0.2) is 23.1 Å². The molecule has 0 aliphatic heterocycles. The highest BCUT2D eigenvalue weighted by molar-refractivity contribution is 8.00. The first-order chi connectivity index (χ1) is 27.7. The number of nitrogens with one attached hydrogen (secondary N) is 3. The lowest BCUT2D eigenvalue weighted by Crippen LogP contribution is -2.30. The van der Waals surface area contributed by atoms with Gasteiger partial charge >= 0.3 is 0 Å². The van der Waals surface area contributed by atoms with E-state index in [9.17, 15) is 24.0 Å². The standard InChI is InChI=1S/C46H35N3O7S/c1-55-38-25-20-28(27-39(38)56-2)26-37(49-44(52)30-14-7-4-8-15-30)45(53)47-31-21-23-32(24-22-31)57-43(29-12-5-3-6-13-29)46(54)48-36-19-11-18-35-40(36)42(51)34-17-10-9-16-33(34)41(35)50/h3-27,43H,1-2H3,(H,47,53)(H,48,54)(H,49,52)/b37-26-. The number of anilines is 2. The molecular weight excluding hydrogens is 739 g/mol. The maximum absolute atomic E-state index is 14.1. The molecule has 7 rings (SSSR count). The normalized spacial score (nSPS) is 12.4. The van der Waals surface area contributed by atoms with Gasteiger partial charge in [-0.2, -0.15) is 0 Å². The zero-order valence-electron chi connectivity index (χ0n) is 30.8. The molecule has 10 nitrogen and oxygen atoms in total. The lowest BCUT2D eigenvalue weighted by molar-refractivity contribution is -0.116. The Hall–Kier alpha value is -7.24. The molecule has 0 spiro atoms. The fourth-order valence-corrected chi connectivity index (χ4v) is 7.38. The maximum atomic E-state index is 14.1. The largest absolute Gasteiger partial charge is 0.493 e. The van der Waals surface area contributed by atoms with Crippen LogP contribution < -0.4 is 25.4 Å². The summed E-state index contributed by atoms with van der Waals surface area (Å²) in [5.74, 6) is -1.08. The predicted molar refractivity (Wildman–Crippen MR) is 220 cm³/mol. The number of benzene rings is 6. The smallest absolute Gasteiger partial charge is 0.272 e. The average molecular weight is 774 g/mol. The summed E-state index contributed by atoms with van der Waals surface area (Å²) in [4.78, 5) is 68.7. The fraction of sp³-hybridized carbons (Fsp3) is 0.0652. The summed E-state index contributed by atoms with van der Waals surface area (Å²) < 4.78 is 10.8. The summed E-state index contributed by atoms with van der Waals surface area (Å²) in [5.41, 5.74) is 3.37. The van der Waals surface area contributed by atoms with E-state index in [1.54, 1.807) is 115 Å². The maximum Gasteiger partial charge on any atom is 0.272 e. The Balaban J connectivity index is 1.11. The van der Waals surface area contributed by atoms with Gasteiger partial charge in [0.05, 0.1) is 25.5 Å². The molecule has 282 valence electrons. The molecule has 11 heteroatoms. The van der Waals surface area contributed by atoms with Crippen molar-refractivity contribution in [2.45, 2.75) is 10.1 Å². The highest BCUT2D eigenvalue weighted by Crippen LogP contribution is 2.38. The number of carbonyl (C=O) groups excluding carboxylic acids is 5. The predicted octanol–water partition coefficient (Wildman–Crippen LogP) is 8.36. The number of fused-ring (bicyclic) bond motifs is 2. The minimum atomic E-state index is -0.756. The van der Waals surface area contributed by atoms with Gasteiger partial charge < -0.3 is 25.4 Å². The van der Waals surface area contributed by atoms with Crippen molar-refractivity contribution in [1.82, 2.24) is 5.32 Å². The molecule has 1 aliphatic rings. The molecule has 6 aromatic carbocycles. The number of methoxy groups -OCH3 is 2. The molecular formula is C46H35N3O7S. The van der Waals surface area contributed by atoms with Crippen LogP contribution in [0.15, 0.2) is 156 Å². The van der Waals surface area contributed by atoms with E-state index in [0.29, 0.717) is 49.9 Å². The van der Waals surface area contributed by atoms with Crippen molar-refractivity contribution < 1.29 is 33.4 Å². The Labute approximate surface area is 332 Å². The van der Waals surface area contributed by atoms with Crippen molar-refractivity contribution in [3.63, 3.8) is 0 Å². The van der Waals surface area contributed by atoms with Crippen LogP contribution in [-0.2, 0) is 9.59 Å². The third kappa shape index (κ3) is 8.38. The lowest BCUT2D eigenvalue weighted by atomic mass is 9.83. The SMILES string of the molecule is COc1ccc(/C=C(\NC(=O)c2ccccc2)C(=O)Nc2ccc(SC(C(=O)Nc3cccc4c3C(=O)c3ccccc3C4=O)c3ccccc3)cc2)cc1OC. The van der Waals surface area contributed by atoms with Crippen molar-refractivity contribution in [2.24, 2.45) is 0 Å². The summed E-state index contributed by atoms with van der Waals surface area (Å²) in [6.45, 7) is 0. The summed E-state index contributed by atoms with van der Waals surface area (Å²) >= 11 is 1.28. The first-order valence-corrected chi connectivity index (χ1v) is 18.7. The molecule has 3 N–H and O–H groups in total. The van der Waals surface area contributed by atoms with Gasteiger partial charge in [-0.05, 0) is 71.8 Å². The van der Waals surface area contributed by atoms with Crippen molar-refractivity contribution >= 4 is 58.5 Å². The van der Waals surface area contributed by atoms with Gasteiger partial charge in [0.2, 0.25) is 5.91 Å². The van der Waals surface area contributed by atoms with Gasteiger partial charge in [-0.15, -0.1) is 11.8 Å². The topological polar surface area (TPSA) is 140 Å². The van der Waals surface area contributed by atoms with Gasteiger partial charge in [-0.1, -0.05) is 91.0 Å². The quantitative estimate of drug-likeness (QED) is 0.0832. The van der Waals surface area contributed by atoms with Crippen LogP contribution in [-0.4, -0.2) is 43.5 Å². The number of thioether (sulfide) groups is 1. The first-order valence-electron chi connectivity index (χ1n) is 17.8. The third-order valence-corrected chi connectivity index (χ3v) is 10.4. The average Bonchev–Trinajstić information content (AvgIpc) is 3.25. The molecule has 0 saturated heterocycles. The van der Waals surface area contributed by atoms with E-state index >= 15 is 0 Å². The molecule has 3 amide bonds. The van der Waals surface area contributed by atoms with E-state index in [0.717, 1.165) is 0 Å². The van der Waals surface area contributed by atoms with Gasteiger partial charge in [-0.3, -0.25) is 24.0 Å². The molecule has 0 bridgehead atoms. The summed E-state index contributed by atoms with van der Waals surface area (Å²) in [6, 6.07) is 41.3. The van der Waals surface area contributed by atoms with Crippen molar-refractivity contribution in [2.75, 3.05) is 24.9 Å². The molecule has 0 aromatic heterocycles. The lowest BCUT2D eigenvalue weighted by Gasteiger charge is -2.22. The van der Waals surface area contributed by atoms with Crippen LogP contribution in [0.25, 0.3) is 6.08 Å². The molecule has 57 heavy (non-hydrogen) atoms. The van der Waals surface area contributed by atoms with Crippen molar-refractivity contribution in [3.8, 4) is 11.5 Å². The summed E-state index contributed by atoms with van der Waals surface area (Å²) in [6.07, 6.45) is 1.54. The third-order valence-electron chi connectivity index (χ3n) is 9.16. The van der Waals surface area contributed by atoms with Gasteiger partial charge in [-0.25, -0.2) is 0 Å². The number of carbonyl (C=O) groups is 5. The van der Waals surface area contributed by atoms with Crippen LogP contribution in [0, 0.1) is 0 Å². The molecule has 6 aromatic rings. The zero-order chi connectivity index (χ0) is 39.9. The Morgan fingerprint density at radius 2 is 1.26 bits per heavy atom. The summed E-state index contributed by atoms with van der Waals surface area (Å²) in [5, 5.41) is 7.77. The number of hydrogen-bond donors (Lipinski definition) is 3. The molecule has 0 fully saturated rings. The number of amides is 3. The second-order valence-corrected chi connectivity index (χ2v) is 14.0. The van der Waals surface area contributed by atoms with Crippen LogP contribution in [0.5, 0.6) is 11.5 Å². The van der Waals surface area contributed by atoms with Crippen LogP contribution in [0.4, 0.5) is 11.4 Å². The van der Waals surface area contributed by atoms with Crippen LogP contribution in [0.3, 0.4) is 0 Å². The molecule has 0 heterocycles. The number of ketones is 2. The van der Waals surface area contributed by atoms with E-state index in [4.69, 9.17) is 9.47 Å². The van der Waals surface area contributed by atoms with Gasteiger partial charge in [0.25, 0.3) is 11.8 Å². The van der Waals surface area contributed by atoms with E-state index in [1.165, 1.54) is 32.1 Å². The summed E-state index contributed by atoms with van der Waals surface area (Å²) in [7, 11) is 3.03. The number of ether oxygens (including phenoxy) is 2. The zero-order valence-corrected chi connectivity index (χ0v) is 31.6. The monoisotopic (exact) mass is 773 g/mol. The van der Waals surface area contributed by atoms with Crippen molar-refractivity contribution in [3.05, 3.63) is 190 Å². The Kier molecular flexibility index (Phi) is 11.4. The molecule has 1 atom stereocenters. The van der Waals surface area contributed by atoms with E-state index in [1.807, 2.05) is 30.3 Å². The fourth-order valence-electron chi connectivity index (χ4n) is 6.35. The Morgan fingerprint density at radius 1 is 0.632 bits per heavy atom. The number of hydrogen-bond acceptors (Lipinski definition) is 8. The van der Waals surface area contributed by atoms with E-state index in [-0.39, 0.29) is 34.1 Å². The van der Waals surface area contributed by atoms with E-state index < -0.39 is 23.0 Å². The second-order valence-electron chi connectivity index (χ2n) is 12.8. The molecule has 0 radical (unpaired) electrons. The Bertz CT molecular complexity index is 2540. The van der Waals surface area contributed by atoms with Crippen molar-refractivity contribution in [1.29, 1.82) is 0 Å². The van der Waals surface area contributed by atoms with E-state index in [2.05, 4.69) is 16.0 Å². The molecule has 0 saturated carbocycles. The Morgan fingerprint density at radius 3 is 1.95 bits per heavy atom. The minimum absolute atomic E-state index is 0.0119. The highest BCUT2D eigenvalue weighted by Gasteiger charge is 2.33. The van der Waals surface area contributed by atoms with Gasteiger partial charge in [0.1, 0.15) is 10.9 Å². The van der Waals surface area contributed by atoms with Crippen LogP contribution >= 0.6 is 11.8 Å². The second kappa shape index (κ2) is 17.1. The molecule has 1 unspecified atom stereocenters. The minimum Gasteiger partial charge on any atom is -0.493 e. The van der Waals surface area contributed by atoms with Gasteiger partial charge in [0, 0.05) is 32.8 Å². The first kappa shape index (κ1) is 38.1. The molecule has 1 aliphatic carbocycles. The highest BCUT2D eigenvalue weighted by atomic mass is 32.2. The number of rotatable bonds is 12. The van der Waals surface area contributed by atoms with Crippen LogP contribution in [0.2, 0.25) is 0 Å². The van der Waals surface area contributed by atoms with Crippen LogP contribution in [0.1, 0.15) is 58.6 Å².